The summed E-state index contributed by atoms with van der Waals surface area (Å²) in [5, 5.41) is 9.09. The minimum absolute atomic E-state index is 0.231. The van der Waals surface area contributed by atoms with Gasteiger partial charge in [-0.15, -0.1) is 11.3 Å². The summed E-state index contributed by atoms with van der Waals surface area (Å²) in [7, 11) is 0. The highest BCUT2D eigenvalue weighted by atomic mass is 35.5. The maximum Gasteiger partial charge on any atom is 0.148 e. The standard InChI is InChI=1S/C7H8ClN5S/c8-4-1-2-14-6(4)5(12-9)7-10-3-11-13-7/h1-3,5,12H,9H2,(H,10,11,13). The molecule has 2 rings (SSSR count). The molecule has 0 aliphatic rings. The summed E-state index contributed by atoms with van der Waals surface area (Å²) < 4.78 is 0. The van der Waals surface area contributed by atoms with Crippen LogP contribution < -0.4 is 11.3 Å². The van der Waals surface area contributed by atoms with Crippen LogP contribution in [0.5, 0.6) is 0 Å². The van der Waals surface area contributed by atoms with Crippen molar-refractivity contribution in [3.63, 3.8) is 0 Å². The van der Waals surface area contributed by atoms with Crippen LogP contribution in [0, 0.1) is 0 Å². The van der Waals surface area contributed by atoms with Gasteiger partial charge in [-0.05, 0) is 11.4 Å². The average molecular weight is 230 g/mol. The van der Waals surface area contributed by atoms with E-state index in [9.17, 15) is 0 Å². The predicted molar refractivity (Wildman–Crippen MR) is 54.9 cm³/mol. The van der Waals surface area contributed by atoms with Crippen LogP contribution in [0.4, 0.5) is 0 Å². The Bertz CT molecular complexity index is 398. The van der Waals surface area contributed by atoms with Crippen molar-refractivity contribution < 1.29 is 0 Å². The normalized spacial score (nSPS) is 13.0. The van der Waals surface area contributed by atoms with Gasteiger partial charge in [-0.3, -0.25) is 10.9 Å². The summed E-state index contributed by atoms with van der Waals surface area (Å²) in [5.41, 5.74) is 2.64. The molecule has 2 heterocycles. The fourth-order valence-electron chi connectivity index (χ4n) is 1.14. The van der Waals surface area contributed by atoms with Crippen LogP contribution in [-0.2, 0) is 0 Å². The minimum atomic E-state index is -0.231. The van der Waals surface area contributed by atoms with Gasteiger partial charge in [-0.2, -0.15) is 5.10 Å². The van der Waals surface area contributed by atoms with Crippen molar-refractivity contribution in [1.29, 1.82) is 0 Å². The van der Waals surface area contributed by atoms with Gasteiger partial charge >= 0.3 is 0 Å². The smallest absolute Gasteiger partial charge is 0.148 e. The number of halogens is 1. The number of hydrazine groups is 1. The molecule has 0 spiro atoms. The zero-order valence-electron chi connectivity index (χ0n) is 7.07. The summed E-state index contributed by atoms with van der Waals surface area (Å²) in [6.07, 6.45) is 1.43. The second-order valence-corrected chi connectivity index (χ2v) is 3.96. The molecule has 0 saturated carbocycles. The summed E-state index contributed by atoms with van der Waals surface area (Å²) in [6.45, 7) is 0. The molecule has 1 atom stereocenters. The first kappa shape index (κ1) is 9.60. The summed E-state index contributed by atoms with van der Waals surface area (Å²) in [5.74, 6) is 6.08. The average Bonchev–Trinajstić information content (AvgIpc) is 2.80. The SMILES string of the molecule is NNC(c1ncn[nH]1)c1sccc1Cl. The highest BCUT2D eigenvalue weighted by Crippen LogP contribution is 2.30. The van der Waals surface area contributed by atoms with Crippen molar-refractivity contribution in [2.75, 3.05) is 0 Å². The number of hydrogen-bond donors (Lipinski definition) is 3. The quantitative estimate of drug-likeness (QED) is 0.544. The van der Waals surface area contributed by atoms with Gasteiger partial charge in [0.05, 0.1) is 5.02 Å². The van der Waals surface area contributed by atoms with E-state index in [0.717, 1.165) is 4.88 Å². The Morgan fingerprint density at radius 2 is 2.50 bits per heavy atom. The molecule has 14 heavy (non-hydrogen) atoms. The number of H-pyrrole nitrogens is 1. The number of hydrogen-bond acceptors (Lipinski definition) is 5. The van der Waals surface area contributed by atoms with E-state index in [2.05, 4.69) is 20.6 Å². The van der Waals surface area contributed by atoms with E-state index in [-0.39, 0.29) is 6.04 Å². The number of aromatic nitrogens is 3. The molecule has 5 nitrogen and oxygen atoms in total. The van der Waals surface area contributed by atoms with E-state index in [1.807, 2.05) is 11.4 Å². The number of nitrogens with zero attached hydrogens (tertiary/aromatic N) is 2. The van der Waals surface area contributed by atoms with Gasteiger partial charge in [0, 0.05) is 4.88 Å². The van der Waals surface area contributed by atoms with Crippen LogP contribution in [0.15, 0.2) is 17.8 Å². The highest BCUT2D eigenvalue weighted by molar-refractivity contribution is 7.10. The third-order valence-corrected chi connectivity index (χ3v) is 3.20. The Hall–Kier alpha value is -0.950. The van der Waals surface area contributed by atoms with Crippen LogP contribution in [0.25, 0.3) is 0 Å². The Labute approximate surface area is 89.3 Å². The maximum atomic E-state index is 5.98. The Morgan fingerprint density at radius 3 is 3.00 bits per heavy atom. The first-order chi connectivity index (χ1) is 6.83. The topological polar surface area (TPSA) is 79.6 Å². The van der Waals surface area contributed by atoms with Gasteiger partial charge in [0.1, 0.15) is 18.2 Å². The van der Waals surface area contributed by atoms with Crippen molar-refractivity contribution in [2.45, 2.75) is 6.04 Å². The van der Waals surface area contributed by atoms with Crippen LogP contribution in [0.1, 0.15) is 16.7 Å². The second-order valence-electron chi connectivity index (χ2n) is 2.60. The van der Waals surface area contributed by atoms with Gasteiger partial charge in [0.15, 0.2) is 0 Å². The Morgan fingerprint density at radius 1 is 1.64 bits per heavy atom. The summed E-state index contributed by atoms with van der Waals surface area (Å²) in [6, 6.07) is 1.59. The monoisotopic (exact) mass is 229 g/mol. The molecule has 1 unspecified atom stereocenters. The van der Waals surface area contributed by atoms with Crippen molar-refractivity contribution in [3.8, 4) is 0 Å². The fourth-order valence-corrected chi connectivity index (χ4v) is 2.37. The molecule has 0 bridgehead atoms. The van der Waals surface area contributed by atoms with Crippen molar-refractivity contribution in [3.05, 3.63) is 33.5 Å². The molecule has 0 aromatic carbocycles. The van der Waals surface area contributed by atoms with E-state index < -0.39 is 0 Å². The lowest BCUT2D eigenvalue weighted by atomic mass is 10.2. The van der Waals surface area contributed by atoms with Crippen molar-refractivity contribution in [2.24, 2.45) is 5.84 Å². The number of nitrogens with one attached hydrogen (secondary N) is 2. The molecule has 0 fully saturated rings. The molecular formula is C7H8ClN5S. The largest absolute Gasteiger partial charge is 0.270 e. The molecule has 0 saturated heterocycles. The molecule has 0 aliphatic heterocycles. The lowest BCUT2D eigenvalue weighted by Crippen LogP contribution is -2.29. The molecule has 2 aromatic rings. The van der Waals surface area contributed by atoms with Gasteiger partial charge in [-0.1, -0.05) is 11.6 Å². The van der Waals surface area contributed by atoms with E-state index in [4.69, 9.17) is 17.4 Å². The van der Waals surface area contributed by atoms with E-state index in [0.29, 0.717) is 10.8 Å². The zero-order chi connectivity index (χ0) is 9.97. The Kier molecular flexibility index (Phi) is 2.78. The fraction of sp³-hybridized carbons (Fsp3) is 0.143. The number of rotatable bonds is 3. The molecule has 0 amide bonds. The highest BCUT2D eigenvalue weighted by Gasteiger charge is 2.19. The van der Waals surface area contributed by atoms with Crippen LogP contribution >= 0.6 is 22.9 Å². The maximum absolute atomic E-state index is 5.98. The molecule has 0 aliphatic carbocycles. The van der Waals surface area contributed by atoms with E-state index in [1.165, 1.54) is 17.7 Å². The number of nitrogens with two attached hydrogens (primary N) is 1. The lowest BCUT2D eigenvalue weighted by Gasteiger charge is -2.10. The predicted octanol–water partition coefficient (Wildman–Crippen LogP) is 1.07. The zero-order valence-corrected chi connectivity index (χ0v) is 8.64. The molecular weight excluding hydrogens is 222 g/mol. The molecule has 2 aromatic heterocycles. The summed E-state index contributed by atoms with van der Waals surface area (Å²) >= 11 is 7.50. The molecule has 7 heteroatoms. The van der Waals surface area contributed by atoms with Crippen LogP contribution in [0.2, 0.25) is 5.02 Å². The first-order valence-corrected chi connectivity index (χ1v) is 5.13. The number of aromatic amines is 1. The lowest BCUT2D eigenvalue weighted by molar-refractivity contribution is 0.613. The van der Waals surface area contributed by atoms with E-state index >= 15 is 0 Å². The molecule has 4 N–H and O–H groups in total. The molecule has 74 valence electrons. The summed E-state index contributed by atoms with van der Waals surface area (Å²) in [4.78, 5) is 4.95. The van der Waals surface area contributed by atoms with E-state index in [1.54, 1.807) is 0 Å². The van der Waals surface area contributed by atoms with Crippen molar-refractivity contribution >= 4 is 22.9 Å². The van der Waals surface area contributed by atoms with Crippen molar-refractivity contribution in [1.82, 2.24) is 20.6 Å². The van der Waals surface area contributed by atoms with Crippen LogP contribution in [-0.4, -0.2) is 15.2 Å². The van der Waals surface area contributed by atoms with Gasteiger partial charge < -0.3 is 0 Å². The Balaban J connectivity index is 2.36. The third kappa shape index (κ3) is 1.64. The van der Waals surface area contributed by atoms with Gasteiger partial charge in [-0.25, -0.2) is 10.4 Å². The van der Waals surface area contributed by atoms with Gasteiger partial charge in [0.25, 0.3) is 0 Å². The minimum Gasteiger partial charge on any atom is -0.270 e. The molecule has 0 radical (unpaired) electrons. The first-order valence-electron chi connectivity index (χ1n) is 3.87. The second kappa shape index (κ2) is 4.05. The van der Waals surface area contributed by atoms with Gasteiger partial charge in [0.2, 0.25) is 0 Å². The van der Waals surface area contributed by atoms with Crippen LogP contribution in [0.3, 0.4) is 0 Å². The third-order valence-electron chi connectivity index (χ3n) is 1.78. The number of thiophene rings is 1.